The highest BCUT2D eigenvalue weighted by Gasteiger charge is 2.16. The number of rotatable bonds is 4. The van der Waals surface area contributed by atoms with Crippen molar-refractivity contribution in [1.29, 1.82) is 5.26 Å². The van der Waals surface area contributed by atoms with Crippen molar-refractivity contribution in [2.75, 3.05) is 7.11 Å². The molecule has 4 nitrogen and oxygen atoms in total. The lowest BCUT2D eigenvalue weighted by Crippen LogP contribution is -2.14. The normalized spacial score (nSPS) is 11.5. The molecule has 0 radical (unpaired) electrons. The van der Waals surface area contributed by atoms with Crippen LogP contribution >= 0.6 is 0 Å². The molecule has 1 N–H and O–H groups in total. The summed E-state index contributed by atoms with van der Waals surface area (Å²) in [6.07, 6.45) is 0.197. The van der Waals surface area contributed by atoms with E-state index in [9.17, 15) is 4.79 Å². The van der Waals surface area contributed by atoms with Gasteiger partial charge < -0.3 is 9.84 Å². The van der Waals surface area contributed by atoms with Gasteiger partial charge in [0.15, 0.2) is 0 Å². The Labute approximate surface area is 87.7 Å². The number of hydrogen-bond acceptors (Lipinski definition) is 3. The van der Waals surface area contributed by atoms with Gasteiger partial charge in [0.25, 0.3) is 0 Å². The van der Waals surface area contributed by atoms with E-state index in [1.165, 1.54) is 7.11 Å². The second-order valence-electron chi connectivity index (χ2n) is 3.08. The van der Waals surface area contributed by atoms with E-state index in [1.807, 2.05) is 0 Å². The van der Waals surface area contributed by atoms with Crippen molar-refractivity contribution in [3.8, 4) is 11.8 Å². The fourth-order valence-electron chi connectivity index (χ4n) is 1.22. The number of carboxylic acid groups (broad SMARTS) is 1. The van der Waals surface area contributed by atoms with Crippen LogP contribution in [0.25, 0.3) is 0 Å². The zero-order chi connectivity index (χ0) is 11.3. The minimum Gasteiger partial charge on any atom is -0.497 e. The molecule has 1 rings (SSSR count). The maximum absolute atomic E-state index is 10.6. The summed E-state index contributed by atoms with van der Waals surface area (Å²) in [6.45, 7) is 0. The fraction of sp³-hybridized carbons (Fsp3) is 0.273. The van der Waals surface area contributed by atoms with Gasteiger partial charge in [0.1, 0.15) is 11.7 Å². The summed E-state index contributed by atoms with van der Waals surface area (Å²) in [7, 11) is 1.54. The molecule has 1 aromatic rings. The Hall–Kier alpha value is -2.02. The average molecular weight is 205 g/mol. The van der Waals surface area contributed by atoms with E-state index in [0.717, 1.165) is 5.56 Å². The van der Waals surface area contributed by atoms with E-state index >= 15 is 0 Å². The molecule has 0 fully saturated rings. The summed E-state index contributed by atoms with van der Waals surface area (Å²) < 4.78 is 5.00. The third-order valence-electron chi connectivity index (χ3n) is 2.03. The Kier molecular flexibility index (Phi) is 3.69. The third-order valence-corrected chi connectivity index (χ3v) is 2.03. The smallest absolute Gasteiger partial charge is 0.321 e. The molecule has 0 aliphatic carbocycles. The van der Waals surface area contributed by atoms with E-state index < -0.39 is 11.9 Å². The number of benzene rings is 1. The molecular formula is C11H11NO3. The molecule has 1 aromatic carbocycles. The van der Waals surface area contributed by atoms with Crippen LogP contribution in [0.2, 0.25) is 0 Å². The van der Waals surface area contributed by atoms with E-state index in [-0.39, 0.29) is 6.42 Å². The van der Waals surface area contributed by atoms with Crippen molar-refractivity contribution in [3.63, 3.8) is 0 Å². The second kappa shape index (κ2) is 5.01. The Morgan fingerprint density at radius 3 is 2.93 bits per heavy atom. The summed E-state index contributed by atoms with van der Waals surface area (Å²) in [6, 6.07) is 8.79. The lowest BCUT2D eigenvalue weighted by molar-refractivity contribution is -0.139. The van der Waals surface area contributed by atoms with Gasteiger partial charge in [-0.05, 0) is 24.1 Å². The molecule has 0 heterocycles. The van der Waals surface area contributed by atoms with Crippen molar-refractivity contribution in [3.05, 3.63) is 29.8 Å². The van der Waals surface area contributed by atoms with Crippen LogP contribution in [0.5, 0.6) is 5.75 Å². The average Bonchev–Trinajstić information content (AvgIpc) is 2.25. The first-order valence-corrected chi connectivity index (χ1v) is 4.42. The molecule has 1 unspecified atom stereocenters. The topological polar surface area (TPSA) is 70.3 Å². The largest absolute Gasteiger partial charge is 0.497 e. The van der Waals surface area contributed by atoms with E-state index in [2.05, 4.69) is 0 Å². The Morgan fingerprint density at radius 2 is 2.40 bits per heavy atom. The van der Waals surface area contributed by atoms with Gasteiger partial charge in [-0.1, -0.05) is 12.1 Å². The first-order chi connectivity index (χ1) is 7.17. The van der Waals surface area contributed by atoms with Gasteiger partial charge in [-0.25, -0.2) is 0 Å². The van der Waals surface area contributed by atoms with Crippen molar-refractivity contribution in [1.82, 2.24) is 0 Å². The highest BCUT2D eigenvalue weighted by Crippen LogP contribution is 2.15. The fourth-order valence-corrected chi connectivity index (χ4v) is 1.22. The molecule has 0 aliphatic rings. The molecule has 0 saturated heterocycles. The van der Waals surface area contributed by atoms with Crippen LogP contribution in [-0.2, 0) is 11.2 Å². The predicted octanol–water partition coefficient (Wildman–Crippen LogP) is 1.46. The van der Waals surface area contributed by atoms with E-state index in [0.29, 0.717) is 5.75 Å². The van der Waals surface area contributed by atoms with Gasteiger partial charge in [0.05, 0.1) is 13.2 Å². The molecule has 0 saturated carbocycles. The van der Waals surface area contributed by atoms with Crippen LogP contribution in [0, 0.1) is 17.2 Å². The molecular weight excluding hydrogens is 194 g/mol. The number of hydrogen-bond donors (Lipinski definition) is 1. The van der Waals surface area contributed by atoms with Gasteiger partial charge >= 0.3 is 5.97 Å². The number of carbonyl (C=O) groups is 1. The van der Waals surface area contributed by atoms with Crippen molar-refractivity contribution >= 4 is 5.97 Å². The predicted molar refractivity (Wildman–Crippen MR) is 53.4 cm³/mol. The number of nitriles is 1. The Morgan fingerprint density at radius 1 is 1.67 bits per heavy atom. The number of ether oxygens (including phenoxy) is 1. The molecule has 0 spiro atoms. The molecule has 4 heteroatoms. The summed E-state index contributed by atoms with van der Waals surface area (Å²) in [5.74, 6) is -1.44. The van der Waals surface area contributed by atoms with Crippen molar-refractivity contribution in [2.45, 2.75) is 6.42 Å². The molecule has 0 bridgehead atoms. The maximum Gasteiger partial charge on any atom is 0.321 e. The van der Waals surface area contributed by atoms with Gasteiger partial charge in [0, 0.05) is 0 Å². The summed E-state index contributed by atoms with van der Waals surface area (Å²) in [5.41, 5.74) is 0.781. The lowest BCUT2D eigenvalue weighted by atomic mass is 10.0. The first kappa shape index (κ1) is 11.1. The number of carboxylic acids is 1. The monoisotopic (exact) mass is 205 g/mol. The van der Waals surface area contributed by atoms with Gasteiger partial charge in [-0.15, -0.1) is 0 Å². The van der Waals surface area contributed by atoms with Gasteiger partial charge in [-0.3, -0.25) is 4.79 Å². The van der Waals surface area contributed by atoms with E-state index in [1.54, 1.807) is 30.3 Å². The van der Waals surface area contributed by atoms with Crippen LogP contribution in [0.3, 0.4) is 0 Å². The summed E-state index contributed by atoms with van der Waals surface area (Å²) >= 11 is 0. The van der Waals surface area contributed by atoms with Gasteiger partial charge in [-0.2, -0.15) is 5.26 Å². The van der Waals surface area contributed by atoms with Crippen LogP contribution in [0.1, 0.15) is 5.56 Å². The zero-order valence-electron chi connectivity index (χ0n) is 8.30. The first-order valence-electron chi connectivity index (χ1n) is 4.42. The molecule has 0 aromatic heterocycles. The van der Waals surface area contributed by atoms with E-state index in [4.69, 9.17) is 15.1 Å². The molecule has 15 heavy (non-hydrogen) atoms. The SMILES string of the molecule is COc1cccc(CC(C#N)C(=O)O)c1. The van der Waals surface area contributed by atoms with Crippen molar-refractivity contribution < 1.29 is 14.6 Å². The quantitative estimate of drug-likeness (QED) is 0.807. The minimum absolute atomic E-state index is 0.197. The highest BCUT2D eigenvalue weighted by molar-refractivity contribution is 5.73. The molecule has 0 amide bonds. The zero-order valence-corrected chi connectivity index (χ0v) is 8.30. The lowest BCUT2D eigenvalue weighted by Gasteiger charge is -2.05. The highest BCUT2D eigenvalue weighted by atomic mass is 16.5. The van der Waals surface area contributed by atoms with Crippen LogP contribution < -0.4 is 4.74 Å². The summed E-state index contributed by atoms with van der Waals surface area (Å²) in [4.78, 5) is 10.6. The van der Waals surface area contributed by atoms with Crippen LogP contribution in [0.4, 0.5) is 0 Å². The number of methoxy groups -OCH3 is 1. The molecule has 1 atom stereocenters. The number of nitrogens with zero attached hydrogens (tertiary/aromatic N) is 1. The molecule has 78 valence electrons. The second-order valence-corrected chi connectivity index (χ2v) is 3.08. The van der Waals surface area contributed by atoms with Crippen LogP contribution in [0.15, 0.2) is 24.3 Å². The molecule has 0 aliphatic heterocycles. The summed E-state index contributed by atoms with van der Waals surface area (Å²) in [5, 5.41) is 17.3. The Balaban J connectivity index is 2.80. The Bertz CT molecular complexity index is 395. The standard InChI is InChI=1S/C11H11NO3/c1-15-10-4-2-3-8(6-10)5-9(7-12)11(13)14/h2-4,6,9H,5H2,1H3,(H,13,14). The maximum atomic E-state index is 10.6. The van der Waals surface area contributed by atoms with Crippen molar-refractivity contribution in [2.24, 2.45) is 5.92 Å². The van der Waals surface area contributed by atoms with Gasteiger partial charge in [0.2, 0.25) is 0 Å². The minimum atomic E-state index is -1.10. The number of aliphatic carboxylic acids is 1. The third kappa shape index (κ3) is 2.99. The van der Waals surface area contributed by atoms with Crippen LogP contribution in [-0.4, -0.2) is 18.2 Å².